The zero-order valence-electron chi connectivity index (χ0n) is 18.2. The molecule has 0 spiro atoms. The molecule has 188 valence electrons. The minimum atomic E-state index is -4.76. The fraction of sp³-hybridized carbons (Fsp3) is 0.200. The summed E-state index contributed by atoms with van der Waals surface area (Å²) in [4.78, 5) is 16.8. The van der Waals surface area contributed by atoms with Crippen LogP contribution >= 0.6 is 23.2 Å². The van der Waals surface area contributed by atoms with Gasteiger partial charge in [0.05, 0.1) is 27.7 Å². The van der Waals surface area contributed by atoms with Crippen LogP contribution in [-0.2, 0) is 12.7 Å². The fourth-order valence-corrected chi connectivity index (χ4v) is 3.80. The Labute approximate surface area is 210 Å². The van der Waals surface area contributed by atoms with Crippen molar-refractivity contribution in [3.05, 3.63) is 74.9 Å². The monoisotopic (exact) mass is 541 g/mol. The number of rotatable bonds is 7. The van der Waals surface area contributed by atoms with Crippen LogP contribution in [0.25, 0.3) is 5.82 Å². The Bertz CT molecular complexity index is 1440. The van der Waals surface area contributed by atoms with Crippen molar-refractivity contribution in [2.24, 2.45) is 5.73 Å². The highest BCUT2D eigenvalue weighted by Crippen LogP contribution is 2.30. The van der Waals surface area contributed by atoms with Crippen molar-refractivity contribution in [2.45, 2.75) is 25.9 Å². The summed E-state index contributed by atoms with van der Waals surface area (Å²) < 4.78 is 39.7. The van der Waals surface area contributed by atoms with Crippen molar-refractivity contribution in [1.82, 2.24) is 35.0 Å². The van der Waals surface area contributed by atoms with Gasteiger partial charge in [-0.05, 0) is 48.0 Å². The van der Waals surface area contributed by atoms with Gasteiger partial charge in [-0.15, -0.1) is 10.2 Å². The van der Waals surface area contributed by atoms with Crippen molar-refractivity contribution in [1.29, 1.82) is 0 Å². The number of nitrogens with one attached hydrogen (secondary N) is 1. The number of aromatic nitrogens is 7. The Kier molecular flexibility index (Phi) is 6.84. The highest BCUT2D eigenvalue weighted by atomic mass is 35.5. The van der Waals surface area contributed by atoms with E-state index in [0.29, 0.717) is 10.4 Å². The maximum atomic E-state index is 12.8. The van der Waals surface area contributed by atoms with Crippen LogP contribution in [-0.4, -0.2) is 46.0 Å². The second-order valence-corrected chi connectivity index (χ2v) is 8.32. The van der Waals surface area contributed by atoms with Gasteiger partial charge in [-0.3, -0.25) is 4.79 Å². The summed E-state index contributed by atoms with van der Waals surface area (Å²) in [6.45, 7) is 1.34. The molecule has 0 aliphatic rings. The lowest BCUT2D eigenvalue weighted by Crippen LogP contribution is -2.20. The van der Waals surface area contributed by atoms with E-state index in [1.807, 2.05) is 0 Å². The molecule has 3 aromatic heterocycles. The number of aliphatic hydroxyl groups excluding tert-OH is 1. The highest BCUT2D eigenvalue weighted by Gasteiger charge is 2.37. The zero-order valence-corrected chi connectivity index (χ0v) is 19.7. The number of hydrogen-bond acceptors (Lipinski definition) is 8. The first-order chi connectivity index (χ1) is 16.9. The molecule has 4 N–H and O–H groups in total. The van der Waals surface area contributed by atoms with Gasteiger partial charge in [0.2, 0.25) is 0 Å². The predicted molar refractivity (Wildman–Crippen MR) is 122 cm³/mol. The number of benzene rings is 1. The second-order valence-electron chi connectivity index (χ2n) is 7.48. The van der Waals surface area contributed by atoms with Gasteiger partial charge >= 0.3 is 6.18 Å². The smallest absolute Gasteiger partial charge is 0.368 e. The number of halogens is 5. The normalized spacial score (nSPS) is 12.5. The molecular weight excluding hydrogens is 526 g/mol. The lowest BCUT2D eigenvalue weighted by molar-refractivity contribution is -0.145. The van der Waals surface area contributed by atoms with Crippen LogP contribution < -0.4 is 11.1 Å². The molecule has 1 aromatic carbocycles. The van der Waals surface area contributed by atoms with E-state index < -0.39 is 24.1 Å². The molecule has 0 saturated carbocycles. The van der Waals surface area contributed by atoms with E-state index in [2.05, 4.69) is 30.8 Å². The number of carbonyl (C=O) groups is 1. The average Bonchev–Trinajstić information content (AvgIpc) is 3.43. The topological polar surface area (TPSA) is 150 Å². The second kappa shape index (κ2) is 9.72. The molecule has 0 saturated heterocycles. The van der Waals surface area contributed by atoms with Crippen molar-refractivity contribution < 1.29 is 23.1 Å². The van der Waals surface area contributed by atoms with Crippen molar-refractivity contribution >= 4 is 34.8 Å². The maximum absolute atomic E-state index is 12.8. The number of hydrogen-bond donors (Lipinski definition) is 3. The lowest BCUT2D eigenvalue weighted by atomic mass is 10.1. The summed E-state index contributed by atoms with van der Waals surface area (Å²) >= 11 is 12.3. The number of amides is 1. The van der Waals surface area contributed by atoms with E-state index in [1.165, 1.54) is 29.1 Å². The number of nitrogens with zero attached hydrogens (tertiary/aromatic N) is 7. The Balaban J connectivity index is 1.74. The number of alkyl halides is 3. The third-order valence-corrected chi connectivity index (χ3v) is 5.38. The Morgan fingerprint density at radius 1 is 1.25 bits per heavy atom. The first kappa shape index (κ1) is 25.3. The number of pyridine rings is 1. The molecule has 36 heavy (non-hydrogen) atoms. The zero-order chi connectivity index (χ0) is 26.2. The van der Waals surface area contributed by atoms with Crippen molar-refractivity contribution in [3.63, 3.8) is 0 Å². The van der Waals surface area contributed by atoms with E-state index in [9.17, 15) is 23.1 Å². The van der Waals surface area contributed by atoms with E-state index in [0.717, 1.165) is 0 Å². The van der Waals surface area contributed by atoms with E-state index in [1.54, 1.807) is 19.1 Å². The third-order valence-electron chi connectivity index (χ3n) is 4.86. The summed E-state index contributed by atoms with van der Waals surface area (Å²) in [5.74, 6) is -2.06. The van der Waals surface area contributed by atoms with Crippen LogP contribution in [0.3, 0.4) is 0 Å². The van der Waals surface area contributed by atoms with Gasteiger partial charge in [-0.1, -0.05) is 23.2 Å². The molecule has 11 nitrogen and oxygen atoms in total. The molecule has 1 amide bonds. The van der Waals surface area contributed by atoms with Crippen molar-refractivity contribution in [2.75, 3.05) is 5.32 Å². The molecule has 0 aliphatic carbocycles. The summed E-state index contributed by atoms with van der Waals surface area (Å²) in [6.07, 6.45) is -4.83. The largest absolute Gasteiger partial charge is 0.455 e. The fourth-order valence-electron chi connectivity index (χ4n) is 3.33. The molecule has 0 radical (unpaired) electrons. The maximum Gasteiger partial charge on any atom is 0.455 e. The Morgan fingerprint density at radius 2 is 2.00 bits per heavy atom. The quantitative estimate of drug-likeness (QED) is 0.302. The Morgan fingerprint density at radius 3 is 2.64 bits per heavy atom. The van der Waals surface area contributed by atoms with Crippen LogP contribution in [0.2, 0.25) is 10.0 Å². The Hall–Kier alpha value is -3.75. The SMILES string of the molecule is Cc1cc(Cl)cc(C(N)=O)c1NC(O)c1cc(Cn2nnc(C(F)(F)F)n2)nn1-c1ncccc1Cl. The first-order valence-corrected chi connectivity index (χ1v) is 10.8. The number of aryl methyl sites for hydroxylation is 1. The summed E-state index contributed by atoms with van der Waals surface area (Å²) in [6, 6.07) is 7.42. The van der Waals surface area contributed by atoms with Gasteiger partial charge in [0.25, 0.3) is 11.7 Å². The molecule has 1 unspecified atom stereocenters. The van der Waals surface area contributed by atoms with Crippen LogP contribution in [0, 0.1) is 6.92 Å². The molecular formula is C20H16Cl2F3N9O2. The van der Waals surface area contributed by atoms with Crippen molar-refractivity contribution in [3.8, 4) is 5.82 Å². The van der Waals surface area contributed by atoms with Crippen LogP contribution in [0.5, 0.6) is 0 Å². The molecule has 1 atom stereocenters. The average molecular weight is 542 g/mol. The summed E-state index contributed by atoms with van der Waals surface area (Å²) in [5.41, 5.74) is 6.48. The molecule has 0 fully saturated rings. The minimum Gasteiger partial charge on any atom is -0.368 e. The van der Waals surface area contributed by atoms with Gasteiger partial charge in [0, 0.05) is 11.2 Å². The molecule has 16 heteroatoms. The van der Waals surface area contributed by atoms with Crippen LogP contribution in [0.15, 0.2) is 36.5 Å². The van der Waals surface area contributed by atoms with E-state index in [4.69, 9.17) is 28.9 Å². The van der Waals surface area contributed by atoms with Crippen LogP contribution in [0.1, 0.15) is 39.4 Å². The first-order valence-electron chi connectivity index (χ1n) is 10.0. The highest BCUT2D eigenvalue weighted by molar-refractivity contribution is 6.32. The van der Waals surface area contributed by atoms with Gasteiger partial charge < -0.3 is 16.2 Å². The van der Waals surface area contributed by atoms with Gasteiger partial charge in [0.15, 0.2) is 12.0 Å². The number of tetrazole rings is 1. The predicted octanol–water partition coefficient (Wildman–Crippen LogP) is 3.14. The van der Waals surface area contributed by atoms with Gasteiger partial charge in [0.1, 0.15) is 6.54 Å². The number of nitrogens with two attached hydrogens (primary N) is 1. The molecule has 3 heterocycles. The van der Waals surface area contributed by atoms with E-state index in [-0.39, 0.29) is 45.0 Å². The summed E-state index contributed by atoms with van der Waals surface area (Å²) in [7, 11) is 0. The van der Waals surface area contributed by atoms with Crippen LogP contribution in [0.4, 0.5) is 18.9 Å². The minimum absolute atomic E-state index is 0.0349. The van der Waals surface area contributed by atoms with E-state index >= 15 is 0 Å². The molecule has 4 aromatic rings. The molecule has 0 bridgehead atoms. The summed E-state index contributed by atoms with van der Waals surface area (Å²) in [5, 5.41) is 28.3. The van der Waals surface area contributed by atoms with Gasteiger partial charge in [-0.25, -0.2) is 9.67 Å². The van der Waals surface area contributed by atoms with Gasteiger partial charge in [-0.2, -0.15) is 23.1 Å². The number of aliphatic hydroxyl groups is 1. The third kappa shape index (κ3) is 5.24. The standard InChI is InChI=1S/C20H16Cl2F3N9O2/c1-9-5-10(21)6-12(16(26)35)15(9)28-18(36)14-7-11(8-33-31-19(29-32-33)20(23,24)25)30-34(14)17-13(22)3-2-4-27-17/h2-7,18,28,36H,8H2,1H3,(H2,26,35). The number of primary amides is 1. The number of anilines is 1. The lowest BCUT2D eigenvalue weighted by Gasteiger charge is -2.19. The molecule has 0 aliphatic heterocycles. The molecule has 4 rings (SSSR count). The number of carbonyl (C=O) groups excluding carboxylic acids is 1.